The second-order valence-corrected chi connectivity index (χ2v) is 8.77. The standard InChI is InChI=1S/C20H33N3OS/c1-16-8-12-23(13-9-16)18(19-3-2-14-25-19)15-22-20(24)5-4-17-6-10-21-11-7-17/h2-3,14,16-18,21H,4-13,15H2,1H3,(H,22,24). The first kappa shape index (κ1) is 18.9. The second kappa shape index (κ2) is 9.70. The van der Waals surface area contributed by atoms with E-state index in [9.17, 15) is 4.79 Å². The first-order chi connectivity index (χ1) is 12.2. The summed E-state index contributed by atoms with van der Waals surface area (Å²) >= 11 is 1.81. The molecule has 0 spiro atoms. The third-order valence-corrected chi connectivity index (χ3v) is 6.84. The number of rotatable bonds is 7. The van der Waals surface area contributed by atoms with Gasteiger partial charge in [-0.15, -0.1) is 11.3 Å². The van der Waals surface area contributed by atoms with Crippen LogP contribution in [0.2, 0.25) is 0 Å². The molecule has 0 aliphatic carbocycles. The molecule has 0 saturated carbocycles. The summed E-state index contributed by atoms with van der Waals surface area (Å²) in [7, 11) is 0. The number of carbonyl (C=O) groups excluding carboxylic acids is 1. The molecule has 0 radical (unpaired) electrons. The first-order valence-corrected chi connectivity index (χ1v) is 10.8. The van der Waals surface area contributed by atoms with Crippen molar-refractivity contribution < 1.29 is 4.79 Å². The Bertz CT molecular complexity index is 505. The highest BCUT2D eigenvalue weighted by Crippen LogP contribution is 2.29. The normalized spacial score (nSPS) is 22.0. The molecule has 25 heavy (non-hydrogen) atoms. The third-order valence-electron chi connectivity index (χ3n) is 5.86. The Labute approximate surface area is 156 Å². The van der Waals surface area contributed by atoms with Crippen molar-refractivity contribution in [3.05, 3.63) is 22.4 Å². The van der Waals surface area contributed by atoms with Gasteiger partial charge >= 0.3 is 0 Å². The summed E-state index contributed by atoms with van der Waals surface area (Å²) in [6.45, 7) is 7.61. The van der Waals surface area contributed by atoms with Crippen molar-refractivity contribution in [2.75, 3.05) is 32.7 Å². The average molecular weight is 364 g/mol. The lowest BCUT2D eigenvalue weighted by atomic mass is 9.93. The van der Waals surface area contributed by atoms with Crippen LogP contribution in [-0.4, -0.2) is 43.5 Å². The fourth-order valence-corrected chi connectivity index (χ4v) is 4.90. The van der Waals surface area contributed by atoms with Crippen molar-refractivity contribution >= 4 is 17.2 Å². The molecular weight excluding hydrogens is 330 g/mol. The molecular formula is C20H33N3OS. The van der Waals surface area contributed by atoms with Crippen LogP contribution in [0, 0.1) is 11.8 Å². The lowest BCUT2D eigenvalue weighted by molar-refractivity contribution is -0.121. The molecule has 140 valence electrons. The van der Waals surface area contributed by atoms with E-state index in [0.29, 0.717) is 12.5 Å². The number of carbonyl (C=O) groups is 1. The molecule has 1 unspecified atom stereocenters. The molecule has 2 N–H and O–H groups in total. The largest absolute Gasteiger partial charge is 0.354 e. The molecule has 3 heterocycles. The van der Waals surface area contributed by atoms with Gasteiger partial charge in [-0.3, -0.25) is 9.69 Å². The van der Waals surface area contributed by atoms with Crippen molar-refractivity contribution in [1.29, 1.82) is 0 Å². The minimum absolute atomic E-state index is 0.227. The molecule has 1 aromatic rings. The molecule has 4 nitrogen and oxygen atoms in total. The van der Waals surface area contributed by atoms with E-state index in [1.807, 2.05) is 11.3 Å². The highest BCUT2D eigenvalue weighted by Gasteiger charge is 2.25. The molecule has 0 aromatic carbocycles. The van der Waals surface area contributed by atoms with Crippen LogP contribution in [0.15, 0.2) is 17.5 Å². The van der Waals surface area contributed by atoms with Crippen molar-refractivity contribution in [1.82, 2.24) is 15.5 Å². The predicted molar refractivity (Wildman–Crippen MR) is 105 cm³/mol. The minimum atomic E-state index is 0.227. The Morgan fingerprint density at radius 2 is 2.08 bits per heavy atom. The zero-order chi connectivity index (χ0) is 17.5. The topological polar surface area (TPSA) is 44.4 Å². The van der Waals surface area contributed by atoms with E-state index < -0.39 is 0 Å². The summed E-state index contributed by atoms with van der Waals surface area (Å²) in [5.74, 6) is 1.79. The van der Waals surface area contributed by atoms with Gasteiger partial charge in [0, 0.05) is 17.8 Å². The summed E-state index contributed by atoms with van der Waals surface area (Å²) in [6, 6.07) is 4.68. The minimum Gasteiger partial charge on any atom is -0.354 e. The van der Waals surface area contributed by atoms with E-state index in [4.69, 9.17) is 0 Å². The number of thiophene rings is 1. The Morgan fingerprint density at radius 1 is 1.32 bits per heavy atom. The molecule has 1 aromatic heterocycles. The molecule has 2 fully saturated rings. The van der Waals surface area contributed by atoms with Crippen LogP contribution in [0.1, 0.15) is 56.4 Å². The maximum atomic E-state index is 12.4. The summed E-state index contributed by atoms with van der Waals surface area (Å²) in [5, 5.41) is 8.77. The fraction of sp³-hybridized carbons (Fsp3) is 0.750. The molecule has 2 saturated heterocycles. The molecule has 5 heteroatoms. The average Bonchev–Trinajstić information content (AvgIpc) is 3.17. The Hall–Kier alpha value is -0.910. The van der Waals surface area contributed by atoms with E-state index in [1.54, 1.807) is 0 Å². The van der Waals surface area contributed by atoms with Crippen molar-refractivity contribution in [3.8, 4) is 0 Å². The summed E-state index contributed by atoms with van der Waals surface area (Å²) < 4.78 is 0. The fourth-order valence-electron chi connectivity index (χ4n) is 4.04. The van der Waals surface area contributed by atoms with Crippen molar-refractivity contribution in [2.24, 2.45) is 11.8 Å². The summed E-state index contributed by atoms with van der Waals surface area (Å²) in [4.78, 5) is 16.3. The zero-order valence-corrected chi connectivity index (χ0v) is 16.3. The Balaban J connectivity index is 1.47. The molecule has 2 aliphatic rings. The van der Waals surface area contributed by atoms with Crippen LogP contribution in [0.25, 0.3) is 0 Å². The lowest BCUT2D eigenvalue weighted by Gasteiger charge is -2.36. The van der Waals surface area contributed by atoms with Gasteiger partial charge in [-0.1, -0.05) is 13.0 Å². The highest BCUT2D eigenvalue weighted by molar-refractivity contribution is 7.10. The van der Waals surface area contributed by atoms with E-state index in [0.717, 1.165) is 51.0 Å². The van der Waals surface area contributed by atoms with Gasteiger partial charge in [0.05, 0.1) is 6.04 Å². The van der Waals surface area contributed by atoms with E-state index >= 15 is 0 Å². The maximum Gasteiger partial charge on any atom is 0.220 e. The quantitative estimate of drug-likeness (QED) is 0.780. The molecule has 0 bridgehead atoms. The third kappa shape index (κ3) is 5.80. The van der Waals surface area contributed by atoms with E-state index in [2.05, 4.69) is 40.0 Å². The number of nitrogens with zero attached hydrogens (tertiary/aromatic N) is 1. The SMILES string of the molecule is CC1CCN(C(CNC(=O)CCC2CCNCC2)c2cccs2)CC1. The van der Waals surface area contributed by atoms with Crippen molar-refractivity contribution in [3.63, 3.8) is 0 Å². The van der Waals surface area contributed by atoms with Crippen molar-refractivity contribution in [2.45, 2.75) is 51.5 Å². The van der Waals surface area contributed by atoms with Gasteiger partial charge in [-0.2, -0.15) is 0 Å². The lowest BCUT2D eigenvalue weighted by Crippen LogP contribution is -2.41. The maximum absolute atomic E-state index is 12.4. The summed E-state index contributed by atoms with van der Waals surface area (Å²) in [5.41, 5.74) is 0. The van der Waals surface area contributed by atoms with Gasteiger partial charge in [0.15, 0.2) is 0 Å². The van der Waals surface area contributed by atoms with Crippen LogP contribution in [0.4, 0.5) is 0 Å². The highest BCUT2D eigenvalue weighted by atomic mass is 32.1. The van der Waals surface area contributed by atoms with Gasteiger partial charge in [0.2, 0.25) is 5.91 Å². The van der Waals surface area contributed by atoms with Gasteiger partial charge in [0.25, 0.3) is 0 Å². The summed E-state index contributed by atoms with van der Waals surface area (Å²) in [6.07, 6.45) is 6.70. The Morgan fingerprint density at radius 3 is 2.76 bits per heavy atom. The van der Waals surface area contributed by atoms with Gasteiger partial charge in [0.1, 0.15) is 0 Å². The van der Waals surface area contributed by atoms with Crippen LogP contribution in [0.5, 0.6) is 0 Å². The zero-order valence-electron chi connectivity index (χ0n) is 15.5. The molecule has 1 amide bonds. The number of nitrogens with one attached hydrogen (secondary N) is 2. The molecule has 1 atom stereocenters. The van der Waals surface area contributed by atoms with Crippen LogP contribution >= 0.6 is 11.3 Å². The van der Waals surface area contributed by atoms with Gasteiger partial charge in [-0.05, 0) is 81.6 Å². The number of hydrogen-bond donors (Lipinski definition) is 2. The molecule has 2 aliphatic heterocycles. The smallest absolute Gasteiger partial charge is 0.220 e. The van der Waals surface area contributed by atoms with Gasteiger partial charge in [-0.25, -0.2) is 0 Å². The van der Waals surface area contributed by atoms with E-state index in [1.165, 1.54) is 30.6 Å². The number of piperidine rings is 2. The van der Waals surface area contributed by atoms with Crippen LogP contribution in [0.3, 0.4) is 0 Å². The second-order valence-electron chi connectivity index (χ2n) is 7.79. The number of likely N-dealkylation sites (tertiary alicyclic amines) is 1. The Kier molecular flexibility index (Phi) is 7.32. The monoisotopic (exact) mass is 363 g/mol. The van der Waals surface area contributed by atoms with Gasteiger partial charge < -0.3 is 10.6 Å². The number of hydrogen-bond acceptors (Lipinski definition) is 4. The van der Waals surface area contributed by atoms with Crippen LogP contribution in [-0.2, 0) is 4.79 Å². The van der Waals surface area contributed by atoms with E-state index in [-0.39, 0.29) is 5.91 Å². The predicted octanol–water partition coefficient (Wildman–Crippen LogP) is 3.42. The first-order valence-electron chi connectivity index (χ1n) is 9.97. The number of amides is 1. The molecule has 3 rings (SSSR count). The van der Waals surface area contributed by atoms with Crippen LogP contribution < -0.4 is 10.6 Å².